The molecular weight excluding hydrogens is 464 g/mol. The fraction of sp³-hybridized carbons (Fsp3) is 0.217. The average molecular weight is 487 g/mol. The quantitative estimate of drug-likeness (QED) is 0.315. The number of hydrogen-bond acceptors (Lipinski definition) is 6. The molecule has 2 heterocycles. The topological polar surface area (TPSA) is 126 Å². The Bertz CT molecular complexity index is 1390. The second-order valence-corrected chi connectivity index (χ2v) is 10.2. The monoisotopic (exact) mass is 486 g/mol. The molecule has 0 bridgehead atoms. The summed E-state index contributed by atoms with van der Waals surface area (Å²) in [6.07, 6.45) is 0.398. The van der Waals surface area contributed by atoms with Gasteiger partial charge in [0.2, 0.25) is 15.9 Å². The number of carbonyl (C=O) groups excluding carboxylic acids is 1. The summed E-state index contributed by atoms with van der Waals surface area (Å²) in [6, 6.07) is 14.1. The van der Waals surface area contributed by atoms with E-state index < -0.39 is 22.0 Å². The molecule has 33 heavy (non-hydrogen) atoms. The maximum Gasteiger partial charge on any atom is 0.321 e. The summed E-state index contributed by atoms with van der Waals surface area (Å²) in [7, 11) is -4.14. The van der Waals surface area contributed by atoms with Crippen LogP contribution < -0.4 is 10.0 Å². The molecule has 0 saturated carbocycles. The third-order valence-electron chi connectivity index (χ3n) is 5.19. The number of rotatable bonds is 10. The van der Waals surface area contributed by atoms with Gasteiger partial charge in [-0.05, 0) is 48.6 Å². The number of sulfonamides is 1. The lowest BCUT2D eigenvalue weighted by molar-refractivity contribution is -0.139. The minimum absolute atomic E-state index is 0.0757. The van der Waals surface area contributed by atoms with E-state index in [2.05, 4.69) is 10.0 Å². The van der Waals surface area contributed by atoms with Crippen LogP contribution in [0, 0.1) is 0 Å². The van der Waals surface area contributed by atoms with Gasteiger partial charge in [0.25, 0.3) is 0 Å². The summed E-state index contributed by atoms with van der Waals surface area (Å²) in [5, 5.41) is 15.6. The molecule has 2 aromatic heterocycles. The number of carbonyl (C=O) groups is 2. The highest BCUT2D eigenvalue weighted by molar-refractivity contribution is 7.89. The molecule has 1 amide bonds. The van der Waals surface area contributed by atoms with Gasteiger partial charge in [-0.15, -0.1) is 11.3 Å². The number of amides is 1. The maximum absolute atomic E-state index is 12.9. The number of fused-ring (bicyclic) bond motifs is 3. The van der Waals surface area contributed by atoms with Crippen LogP contribution in [0.15, 0.2) is 69.3 Å². The molecule has 8 nitrogen and oxygen atoms in total. The molecule has 172 valence electrons. The summed E-state index contributed by atoms with van der Waals surface area (Å²) < 4.78 is 33.7. The van der Waals surface area contributed by atoms with Crippen molar-refractivity contribution in [2.75, 3.05) is 6.54 Å². The van der Waals surface area contributed by atoms with Crippen molar-refractivity contribution >= 4 is 55.2 Å². The van der Waals surface area contributed by atoms with E-state index >= 15 is 0 Å². The van der Waals surface area contributed by atoms with E-state index in [-0.39, 0.29) is 23.6 Å². The van der Waals surface area contributed by atoms with E-state index in [0.717, 1.165) is 10.3 Å². The van der Waals surface area contributed by atoms with Crippen molar-refractivity contribution in [3.05, 3.63) is 64.9 Å². The highest BCUT2D eigenvalue weighted by atomic mass is 32.2. The number of benzene rings is 2. The van der Waals surface area contributed by atoms with E-state index in [9.17, 15) is 23.1 Å². The van der Waals surface area contributed by atoms with Crippen molar-refractivity contribution in [2.45, 2.75) is 30.2 Å². The van der Waals surface area contributed by atoms with Gasteiger partial charge in [-0.1, -0.05) is 24.3 Å². The molecule has 1 atom stereocenters. The predicted molar refractivity (Wildman–Crippen MR) is 126 cm³/mol. The summed E-state index contributed by atoms with van der Waals surface area (Å²) in [5.74, 6) is -1.68. The molecule has 10 heteroatoms. The first kappa shape index (κ1) is 23.0. The Balaban J connectivity index is 1.41. The fourth-order valence-corrected chi connectivity index (χ4v) is 5.46. The minimum atomic E-state index is -4.14. The van der Waals surface area contributed by atoms with Crippen LogP contribution in [0.25, 0.3) is 21.9 Å². The standard InChI is InChI=1S/C23H22N2O6S2/c26-22(24-12-11-15-4-3-13-32-15)10-8-19(23(27)28)25-33(29,30)16-7-9-21-18(14-16)17-5-1-2-6-20(17)31-21/h1-7,9,13-14,19,25H,8,10-12H2,(H,24,26)(H,27,28). The van der Waals surface area contributed by atoms with E-state index in [1.54, 1.807) is 23.5 Å². The number of carboxylic acid groups (broad SMARTS) is 1. The van der Waals surface area contributed by atoms with Gasteiger partial charge in [-0.3, -0.25) is 9.59 Å². The van der Waals surface area contributed by atoms with Crippen LogP contribution in [0.5, 0.6) is 0 Å². The third-order valence-corrected chi connectivity index (χ3v) is 7.59. The lowest BCUT2D eigenvalue weighted by Crippen LogP contribution is -2.41. The smallest absolute Gasteiger partial charge is 0.321 e. The Morgan fingerprint density at radius 3 is 2.58 bits per heavy atom. The molecule has 0 radical (unpaired) electrons. The number of carboxylic acids is 1. The summed E-state index contributed by atoms with van der Waals surface area (Å²) in [6.45, 7) is 0.432. The lowest BCUT2D eigenvalue weighted by atomic mass is 10.1. The molecule has 4 rings (SSSR count). The van der Waals surface area contributed by atoms with Gasteiger partial charge in [0.05, 0.1) is 4.90 Å². The first-order chi connectivity index (χ1) is 15.8. The van der Waals surface area contributed by atoms with Gasteiger partial charge in [0.1, 0.15) is 17.2 Å². The Morgan fingerprint density at radius 1 is 1.03 bits per heavy atom. The van der Waals surface area contributed by atoms with Crippen molar-refractivity contribution in [2.24, 2.45) is 0 Å². The number of nitrogens with one attached hydrogen (secondary N) is 2. The van der Waals surface area contributed by atoms with Crippen LogP contribution in [0.2, 0.25) is 0 Å². The van der Waals surface area contributed by atoms with Crippen LogP contribution in [0.1, 0.15) is 17.7 Å². The normalized spacial score (nSPS) is 12.7. The lowest BCUT2D eigenvalue weighted by Gasteiger charge is -2.15. The summed E-state index contributed by atoms with van der Waals surface area (Å²) in [5.41, 5.74) is 1.16. The van der Waals surface area contributed by atoms with Crippen molar-refractivity contribution in [3.63, 3.8) is 0 Å². The van der Waals surface area contributed by atoms with Gasteiger partial charge in [-0.2, -0.15) is 4.72 Å². The van der Waals surface area contributed by atoms with Crippen LogP contribution in [0.4, 0.5) is 0 Å². The molecular formula is C23H22N2O6S2. The van der Waals surface area contributed by atoms with Crippen LogP contribution >= 0.6 is 11.3 Å². The summed E-state index contributed by atoms with van der Waals surface area (Å²) in [4.78, 5) is 24.8. The van der Waals surface area contributed by atoms with Crippen molar-refractivity contribution in [1.82, 2.24) is 10.0 Å². The van der Waals surface area contributed by atoms with E-state index in [4.69, 9.17) is 4.42 Å². The third kappa shape index (κ3) is 5.41. The van der Waals surface area contributed by atoms with Crippen LogP contribution in [-0.2, 0) is 26.0 Å². The second kappa shape index (κ2) is 9.74. The number of hydrogen-bond donors (Lipinski definition) is 3. The zero-order valence-electron chi connectivity index (χ0n) is 17.5. The first-order valence-corrected chi connectivity index (χ1v) is 12.7. The highest BCUT2D eigenvalue weighted by Crippen LogP contribution is 2.30. The molecule has 1 unspecified atom stereocenters. The zero-order chi connectivity index (χ0) is 23.4. The maximum atomic E-state index is 12.9. The van der Waals surface area contributed by atoms with Crippen molar-refractivity contribution in [1.29, 1.82) is 0 Å². The van der Waals surface area contributed by atoms with Crippen LogP contribution in [0.3, 0.4) is 0 Å². The first-order valence-electron chi connectivity index (χ1n) is 10.3. The van der Waals surface area contributed by atoms with Crippen molar-refractivity contribution in [3.8, 4) is 0 Å². The fourth-order valence-electron chi connectivity index (χ4n) is 3.50. The Morgan fingerprint density at radius 2 is 1.82 bits per heavy atom. The van der Waals surface area contributed by atoms with E-state index in [1.807, 2.05) is 35.7 Å². The van der Waals surface area contributed by atoms with E-state index in [1.165, 1.54) is 12.1 Å². The SMILES string of the molecule is O=C(CCC(NS(=O)(=O)c1ccc2oc3ccccc3c2c1)C(=O)O)NCCc1cccs1. The van der Waals surface area contributed by atoms with Crippen molar-refractivity contribution < 1.29 is 27.5 Å². The summed E-state index contributed by atoms with van der Waals surface area (Å²) >= 11 is 1.59. The molecule has 2 aromatic carbocycles. The molecule has 0 aliphatic rings. The molecule has 0 spiro atoms. The molecule has 0 aliphatic carbocycles. The zero-order valence-corrected chi connectivity index (χ0v) is 19.1. The Hall–Kier alpha value is -3.21. The molecule has 4 aromatic rings. The molecule has 0 fully saturated rings. The minimum Gasteiger partial charge on any atom is -0.480 e. The number of thiophene rings is 1. The number of para-hydroxylation sites is 1. The van der Waals surface area contributed by atoms with E-state index in [0.29, 0.717) is 29.5 Å². The second-order valence-electron chi connectivity index (χ2n) is 7.49. The van der Waals surface area contributed by atoms with Crippen LogP contribution in [-0.4, -0.2) is 38.0 Å². The molecule has 0 aliphatic heterocycles. The van der Waals surface area contributed by atoms with Gasteiger partial charge >= 0.3 is 5.97 Å². The Kier molecular flexibility index (Phi) is 6.77. The molecule has 0 saturated heterocycles. The number of aliphatic carboxylic acids is 1. The van der Waals surface area contributed by atoms with Gasteiger partial charge in [0.15, 0.2) is 0 Å². The van der Waals surface area contributed by atoms with Gasteiger partial charge in [-0.25, -0.2) is 8.42 Å². The largest absolute Gasteiger partial charge is 0.480 e. The average Bonchev–Trinajstić information content (AvgIpc) is 3.43. The highest BCUT2D eigenvalue weighted by Gasteiger charge is 2.26. The van der Waals surface area contributed by atoms with Gasteiger partial charge in [0, 0.05) is 28.6 Å². The number of furan rings is 1. The predicted octanol–water partition coefficient (Wildman–Crippen LogP) is 3.52. The van der Waals surface area contributed by atoms with Gasteiger partial charge < -0.3 is 14.8 Å². The Labute approximate surface area is 194 Å². The molecule has 3 N–H and O–H groups in total.